The standard InChI is InChI=1S/C15H16N6O3/c1-9(22)18-11-2-4-12(5-3-11)19-13(23)6-10-7-21-15(16-8-17-21)20-14(10)24/h2-5,8,10H,6-7H2,1H3,(H,18,22)(H,19,23)(H,16,17,20,24)/t10-/m0/s1. The lowest BCUT2D eigenvalue weighted by Crippen LogP contribution is -2.36. The summed E-state index contributed by atoms with van der Waals surface area (Å²) in [5.74, 6) is -0.789. The molecule has 3 rings (SSSR count). The van der Waals surface area contributed by atoms with Crippen LogP contribution in [0.3, 0.4) is 0 Å². The Kier molecular flexibility index (Phi) is 4.23. The number of rotatable bonds is 4. The number of hydrogen-bond donors (Lipinski definition) is 3. The van der Waals surface area contributed by atoms with Gasteiger partial charge in [-0.25, -0.2) is 4.68 Å². The molecule has 24 heavy (non-hydrogen) atoms. The van der Waals surface area contributed by atoms with E-state index < -0.39 is 5.92 Å². The molecular weight excluding hydrogens is 312 g/mol. The van der Waals surface area contributed by atoms with Crippen LogP contribution >= 0.6 is 0 Å². The summed E-state index contributed by atoms with van der Waals surface area (Å²) < 4.78 is 1.56. The molecule has 2 heterocycles. The maximum Gasteiger partial charge on any atom is 0.232 e. The second-order valence-corrected chi connectivity index (χ2v) is 5.46. The fourth-order valence-electron chi connectivity index (χ4n) is 2.43. The molecule has 1 atom stereocenters. The molecule has 1 aromatic carbocycles. The fraction of sp³-hybridized carbons (Fsp3) is 0.267. The topological polar surface area (TPSA) is 118 Å². The maximum absolute atomic E-state index is 12.1. The molecule has 1 aromatic heterocycles. The highest BCUT2D eigenvalue weighted by atomic mass is 16.2. The second-order valence-electron chi connectivity index (χ2n) is 5.46. The zero-order chi connectivity index (χ0) is 17.1. The molecule has 0 aliphatic carbocycles. The largest absolute Gasteiger partial charge is 0.326 e. The van der Waals surface area contributed by atoms with Crippen LogP contribution in [0.5, 0.6) is 0 Å². The Bertz CT molecular complexity index is 783. The molecule has 124 valence electrons. The number of carbonyl (C=O) groups is 3. The first-order chi connectivity index (χ1) is 11.5. The Balaban J connectivity index is 1.58. The van der Waals surface area contributed by atoms with E-state index in [9.17, 15) is 14.4 Å². The number of fused-ring (bicyclic) bond motifs is 1. The molecule has 3 N–H and O–H groups in total. The zero-order valence-corrected chi connectivity index (χ0v) is 12.9. The maximum atomic E-state index is 12.1. The van der Waals surface area contributed by atoms with Crippen LogP contribution in [0.15, 0.2) is 30.6 Å². The summed E-state index contributed by atoms with van der Waals surface area (Å²) in [5, 5.41) is 12.0. The van der Waals surface area contributed by atoms with Gasteiger partial charge in [-0.3, -0.25) is 19.7 Å². The molecule has 9 heteroatoms. The molecule has 0 saturated heterocycles. The van der Waals surface area contributed by atoms with E-state index in [1.165, 1.54) is 13.3 Å². The van der Waals surface area contributed by atoms with Gasteiger partial charge in [-0.1, -0.05) is 0 Å². The first-order valence-electron chi connectivity index (χ1n) is 7.37. The van der Waals surface area contributed by atoms with Crippen molar-refractivity contribution in [3.63, 3.8) is 0 Å². The van der Waals surface area contributed by atoms with Crippen molar-refractivity contribution in [2.45, 2.75) is 19.9 Å². The van der Waals surface area contributed by atoms with Crippen molar-refractivity contribution in [1.29, 1.82) is 0 Å². The highest BCUT2D eigenvalue weighted by molar-refractivity contribution is 5.98. The predicted octanol–water partition coefficient (Wildman–Crippen LogP) is 0.834. The third-order valence-corrected chi connectivity index (χ3v) is 3.54. The molecule has 0 bridgehead atoms. The van der Waals surface area contributed by atoms with Gasteiger partial charge in [0.1, 0.15) is 6.33 Å². The van der Waals surface area contributed by atoms with E-state index in [0.29, 0.717) is 23.9 Å². The molecule has 3 amide bonds. The van der Waals surface area contributed by atoms with E-state index in [1.807, 2.05) is 0 Å². The van der Waals surface area contributed by atoms with Crippen LogP contribution in [0.1, 0.15) is 13.3 Å². The summed E-state index contributed by atoms with van der Waals surface area (Å²) in [4.78, 5) is 39.0. The quantitative estimate of drug-likeness (QED) is 0.768. The van der Waals surface area contributed by atoms with E-state index in [2.05, 4.69) is 26.0 Å². The number of benzene rings is 1. The number of aromatic nitrogens is 3. The third-order valence-electron chi connectivity index (χ3n) is 3.54. The minimum atomic E-state index is -0.502. The van der Waals surface area contributed by atoms with E-state index in [4.69, 9.17) is 0 Å². The van der Waals surface area contributed by atoms with Crippen molar-refractivity contribution >= 4 is 35.0 Å². The van der Waals surface area contributed by atoms with Crippen molar-refractivity contribution < 1.29 is 14.4 Å². The van der Waals surface area contributed by atoms with Crippen molar-refractivity contribution in [3.8, 4) is 0 Å². The summed E-state index contributed by atoms with van der Waals surface area (Å²) >= 11 is 0. The number of amides is 3. The molecule has 0 radical (unpaired) electrons. The molecular formula is C15H16N6O3. The Morgan fingerprint density at radius 2 is 1.92 bits per heavy atom. The first kappa shape index (κ1) is 15.7. The van der Waals surface area contributed by atoms with E-state index in [0.717, 1.165) is 0 Å². The van der Waals surface area contributed by atoms with Gasteiger partial charge in [0.15, 0.2) is 0 Å². The Labute approximate surface area is 137 Å². The molecule has 0 saturated carbocycles. The van der Waals surface area contributed by atoms with Crippen LogP contribution in [0.25, 0.3) is 0 Å². The van der Waals surface area contributed by atoms with E-state index in [-0.39, 0.29) is 24.1 Å². The zero-order valence-electron chi connectivity index (χ0n) is 12.9. The van der Waals surface area contributed by atoms with Crippen molar-refractivity contribution in [1.82, 2.24) is 14.8 Å². The van der Waals surface area contributed by atoms with E-state index >= 15 is 0 Å². The number of carbonyl (C=O) groups excluding carboxylic acids is 3. The van der Waals surface area contributed by atoms with Gasteiger partial charge in [0, 0.05) is 24.7 Å². The van der Waals surface area contributed by atoms with Crippen LogP contribution in [0.2, 0.25) is 0 Å². The molecule has 0 unspecified atom stereocenters. The second kappa shape index (κ2) is 6.49. The lowest BCUT2D eigenvalue weighted by molar-refractivity contribution is -0.125. The van der Waals surface area contributed by atoms with E-state index in [1.54, 1.807) is 28.9 Å². The summed E-state index contributed by atoms with van der Waals surface area (Å²) in [5.41, 5.74) is 1.23. The van der Waals surface area contributed by atoms with Crippen LogP contribution in [-0.4, -0.2) is 32.5 Å². The van der Waals surface area contributed by atoms with Gasteiger partial charge in [-0.15, -0.1) is 0 Å². The summed E-state index contributed by atoms with van der Waals surface area (Å²) in [6.45, 7) is 1.74. The lowest BCUT2D eigenvalue weighted by atomic mass is 10.0. The van der Waals surface area contributed by atoms with Crippen LogP contribution in [0, 0.1) is 5.92 Å². The van der Waals surface area contributed by atoms with Crippen molar-refractivity contribution in [2.75, 3.05) is 16.0 Å². The normalized spacial score (nSPS) is 16.0. The average Bonchev–Trinajstić information content (AvgIpc) is 2.96. The predicted molar refractivity (Wildman–Crippen MR) is 86.1 cm³/mol. The average molecular weight is 328 g/mol. The van der Waals surface area contributed by atoms with Crippen LogP contribution in [0.4, 0.5) is 17.3 Å². The fourth-order valence-corrected chi connectivity index (χ4v) is 2.43. The number of nitrogens with zero attached hydrogens (tertiary/aromatic N) is 3. The van der Waals surface area contributed by atoms with Gasteiger partial charge in [0.25, 0.3) is 0 Å². The molecule has 1 aliphatic rings. The van der Waals surface area contributed by atoms with Gasteiger partial charge in [-0.2, -0.15) is 10.1 Å². The Hall–Kier alpha value is -3.23. The summed E-state index contributed by atoms with van der Waals surface area (Å²) in [7, 11) is 0. The molecule has 9 nitrogen and oxygen atoms in total. The van der Waals surface area contributed by atoms with Gasteiger partial charge >= 0.3 is 0 Å². The van der Waals surface area contributed by atoms with Crippen molar-refractivity contribution in [3.05, 3.63) is 30.6 Å². The minimum Gasteiger partial charge on any atom is -0.326 e. The Morgan fingerprint density at radius 3 is 2.58 bits per heavy atom. The third kappa shape index (κ3) is 3.57. The van der Waals surface area contributed by atoms with Gasteiger partial charge in [0.05, 0.1) is 12.5 Å². The van der Waals surface area contributed by atoms with Gasteiger partial charge in [0.2, 0.25) is 23.7 Å². The van der Waals surface area contributed by atoms with Crippen molar-refractivity contribution in [2.24, 2.45) is 5.92 Å². The molecule has 1 aliphatic heterocycles. The SMILES string of the molecule is CC(=O)Nc1ccc(NC(=O)C[C@H]2Cn3ncnc3NC2=O)cc1. The smallest absolute Gasteiger partial charge is 0.232 e. The highest BCUT2D eigenvalue weighted by Gasteiger charge is 2.29. The van der Waals surface area contributed by atoms with Crippen LogP contribution < -0.4 is 16.0 Å². The molecule has 2 aromatic rings. The number of hydrogen-bond acceptors (Lipinski definition) is 5. The first-order valence-corrected chi connectivity index (χ1v) is 7.37. The summed E-state index contributed by atoms with van der Waals surface area (Å²) in [6, 6.07) is 6.73. The number of anilines is 3. The minimum absolute atomic E-state index is 0.0403. The lowest BCUT2D eigenvalue weighted by Gasteiger charge is -2.21. The van der Waals surface area contributed by atoms with Gasteiger partial charge in [-0.05, 0) is 24.3 Å². The van der Waals surface area contributed by atoms with Gasteiger partial charge < -0.3 is 10.6 Å². The highest BCUT2D eigenvalue weighted by Crippen LogP contribution is 2.19. The Morgan fingerprint density at radius 1 is 1.25 bits per heavy atom. The molecule has 0 spiro atoms. The summed E-state index contributed by atoms with van der Waals surface area (Å²) in [6.07, 6.45) is 1.40. The van der Waals surface area contributed by atoms with Crippen LogP contribution in [-0.2, 0) is 20.9 Å². The number of nitrogens with one attached hydrogen (secondary N) is 3. The molecule has 0 fully saturated rings. The monoisotopic (exact) mass is 328 g/mol.